The molecule has 0 saturated heterocycles. The summed E-state index contributed by atoms with van der Waals surface area (Å²) in [4.78, 5) is 0. The minimum Gasteiger partial charge on any atom is -0.383 e. The van der Waals surface area contributed by atoms with Crippen LogP contribution in [0.2, 0.25) is 0 Å². The van der Waals surface area contributed by atoms with E-state index in [0.717, 1.165) is 12.8 Å². The molecule has 3 aromatic rings. The maximum absolute atomic E-state index is 6.31. The standard InChI is InChI=1S/C31H39NO3/c1-25-18-31(23-34-20-26-12-6-3-7-13-26,24-35-21-27-14-8-4-9-15-27)19-29(25)32-30(22-33-2)28-16-10-5-11-17-28/h3-17,25,29-30,32H,18-24H2,1-2H3/t25?,29?,30-/m0/s1. The number of methoxy groups -OCH3 is 1. The van der Waals surface area contributed by atoms with Gasteiger partial charge in [-0.3, -0.25) is 0 Å². The Bertz CT molecular complexity index is 934. The van der Waals surface area contributed by atoms with Crippen LogP contribution in [0.3, 0.4) is 0 Å². The molecule has 0 bridgehead atoms. The van der Waals surface area contributed by atoms with Crippen LogP contribution in [0.25, 0.3) is 0 Å². The van der Waals surface area contributed by atoms with E-state index in [2.05, 4.69) is 91.1 Å². The van der Waals surface area contributed by atoms with Gasteiger partial charge >= 0.3 is 0 Å². The molecule has 2 unspecified atom stereocenters. The van der Waals surface area contributed by atoms with Gasteiger partial charge in [0, 0.05) is 18.6 Å². The fourth-order valence-electron chi connectivity index (χ4n) is 5.35. The van der Waals surface area contributed by atoms with Gasteiger partial charge in [0.15, 0.2) is 0 Å². The van der Waals surface area contributed by atoms with Gasteiger partial charge in [0.2, 0.25) is 0 Å². The molecule has 0 heterocycles. The van der Waals surface area contributed by atoms with Crippen LogP contribution < -0.4 is 5.32 Å². The largest absolute Gasteiger partial charge is 0.383 e. The van der Waals surface area contributed by atoms with Crippen LogP contribution in [0.5, 0.6) is 0 Å². The summed E-state index contributed by atoms with van der Waals surface area (Å²) in [7, 11) is 1.77. The Morgan fingerprint density at radius 3 is 1.80 bits per heavy atom. The average Bonchev–Trinajstić information content (AvgIpc) is 3.20. The Kier molecular flexibility index (Phi) is 9.50. The third-order valence-electron chi connectivity index (χ3n) is 7.08. The van der Waals surface area contributed by atoms with Crippen LogP contribution in [-0.2, 0) is 27.4 Å². The fourth-order valence-corrected chi connectivity index (χ4v) is 5.35. The summed E-state index contributed by atoms with van der Waals surface area (Å²) in [5, 5.41) is 3.92. The Morgan fingerprint density at radius 2 is 1.29 bits per heavy atom. The van der Waals surface area contributed by atoms with Crippen molar-refractivity contribution in [3.63, 3.8) is 0 Å². The molecule has 1 saturated carbocycles. The number of hydrogen-bond acceptors (Lipinski definition) is 4. The van der Waals surface area contributed by atoms with Gasteiger partial charge in [0.05, 0.1) is 39.1 Å². The fraction of sp³-hybridized carbons (Fsp3) is 0.419. The Balaban J connectivity index is 1.43. The van der Waals surface area contributed by atoms with Crippen LogP contribution in [0.15, 0.2) is 91.0 Å². The number of benzene rings is 3. The lowest BCUT2D eigenvalue weighted by Gasteiger charge is -2.30. The number of rotatable bonds is 13. The first-order chi connectivity index (χ1) is 17.2. The van der Waals surface area contributed by atoms with Crippen LogP contribution in [0.1, 0.15) is 42.5 Å². The predicted molar refractivity (Wildman–Crippen MR) is 141 cm³/mol. The minimum atomic E-state index is -0.0189. The summed E-state index contributed by atoms with van der Waals surface area (Å²) in [6.45, 7) is 5.64. The van der Waals surface area contributed by atoms with Gasteiger partial charge < -0.3 is 19.5 Å². The molecular formula is C31H39NO3. The number of nitrogens with one attached hydrogen (secondary N) is 1. The molecule has 1 N–H and O–H groups in total. The molecule has 4 rings (SSSR count). The number of ether oxygens (including phenoxy) is 3. The van der Waals surface area contributed by atoms with Crippen molar-refractivity contribution in [2.45, 2.75) is 45.1 Å². The molecule has 1 fully saturated rings. The molecular weight excluding hydrogens is 434 g/mol. The van der Waals surface area contributed by atoms with Crippen molar-refractivity contribution in [3.8, 4) is 0 Å². The molecule has 4 nitrogen and oxygen atoms in total. The average molecular weight is 474 g/mol. The third-order valence-corrected chi connectivity index (χ3v) is 7.08. The molecule has 0 amide bonds. The van der Waals surface area contributed by atoms with Gasteiger partial charge in [-0.15, -0.1) is 0 Å². The lowest BCUT2D eigenvalue weighted by Crippen LogP contribution is -2.38. The molecule has 4 heteroatoms. The molecule has 0 spiro atoms. The molecule has 1 aliphatic rings. The van der Waals surface area contributed by atoms with Gasteiger partial charge in [-0.25, -0.2) is 0 Å². The van der Waals surface area contributed by atoms with Gasteiger partial charge in [0.25, 0.3) is 0 Å². The van der Waals surface area contributed by atoms with Crippen molar-refractivity contribution in [1.29, 1.82) is 0 Å². The van der Waals surface area contributed by atoms with E-state index in [4.69, 9.17) is 14.2 Å². The van der Waals surface area contributed by atoms with Crippen molar-refractivity contribution in [3.05, 3.63) is 108 Å². The molecule has 0 aliphatic heterocycles. The van der Waals surface area contributed by atoms with E-state index in [0.29, 0.717) is 45.0 Å². The van der Waals surface area contributed by atoms with Crippen molar-refractivity contribution in [2.75, 3.05) is 26.9 Å². The molecule has 0 aromatic heterocycles. The predicted octanol–water partition coefficient (Wildman–Crippen LogP) is 6.18. The monoisotopic (exact) mass is 473 g/mol. The van der Waals surface area contributed by atoms with Crippen molar-refractivity contribution in [1.82, 2.24) is 5.32 Å². The maximum atomic E-state index is 6.31. The molecule has 186 valence electrons. The highest BCUT2D eigenvalue weighted by molar-refractivity contribution is 5.20. The van der Waals surface area contributed by atoms with Crippen LogP contribution >= 0.6 is 0 Å². The van der Waals surface area contributed by atoms with Crippen molar-refractivity contribution >= 4 is 0 Å². The Morgan fingerprint density at radius 1 is 0.771 bits per heavy atom. The highest BCUT2D eigenvalue weighted by Crippen LogP contribution is 2.43. The molecule has 3 aromatic carbocycles. The zero-order valence-corrected chi connectivity index (χ0v) is 21.1. The first kappa shape index (κ1) is 25.6. The first-order valence-electron chi connectivity index (χ1n) is 12.7. The van der Waals surface area contributed by atoms with Gasteiger partial charge in [-0.1, -0.05) is 97.9 Å². The SMILES string of the molecule is COC[C@H](NC1CC(COCc2ccccc2)(COCc2ccccc2)CC1C)c1ccccc1. The summed E-state index contributed by atoms with van der Waals surface area (Å²) in [5.74, 6) is 0.513. The summed E-state index contributed by atoms with van der Waals surface area (Å²) in [6.07, 6.45) is 2.09. The molecule has 35 heavy (non-hydrogen) atoms. The zero-order chi connectivity index (χ0) is 24.3. The highest BCUT2D eigenvalue weighted by atomic mass is 16.5. The summed E-state index contributed by atoms with van der Waals surface area (Å²) in [5.41, 5.74) is 3.66. The van der Waals surface area contributed by atoms with E-state index in [1.54, 1.807) is 7.11 Å². The summed E-state index contributed by atoms with van der Waals surface area (Å²) in [6, 6.07) is 32.0. The smallest absolute Gasteiger partial charge is 0.0717 e. The third kappa shape index (κ3) is 7.49. The van der Waals surface area contributed by atoms with Crippen molar-refractivity contribution in [2.24, 2.45) is 11.3 Å². The van der Waals surface area contributed by atoms with E-state index in [-0.39, 0.29) is 11.5 Å². The van der Waals surface area contributed by atoms with Crippen LogP contribution in [0, 0.1) is 11.3 Å². The lowest BCUT2D eigenvalue weighted by atomic mass is 9.87. The van der Waals surface area contributed by atoms with E-state index >= 15 is 0 Å². The minimum absolute atomic E-state index is 0.0189. The van der Waals surface area contributed by atoms with Crippen molar-refractivity contribution < 1.29 is 14.2 Å². The highest BCUT2D eigenvalue weighted by Gasteiger charge is 2.44. The summed E-state index contributed by atoms with van der Waals surface area (Å²) >= 11 is 0. The second-order valence-corrected chi connectivity index (χ2v) is 10.0. The van der Waals surface area contributed by atoms with E-state index < -0.39 is 0 Å². The topological polar surface area (TPSA) is 39.7 Å². The van der Waals surface area contributed by atoms with Gasteiger partial charge in [-0.2, -0.15) is 0 Å². The molecule has 1 aliphatic carbocycles. The Labute approximate surface area is 210 Å². The number of hydrogen-bond donors (Lipinski definition) is 1. The molecule has 3 atom stereocenters. The van der Waals surface area contributed by atoms with E-state index in [1.807, 2.05) is 12.1 Å². The van der Waals surface area contributed by atoms with E-state index in [9.17, 15) is 0 Å². The van der Waals surface area contributed by atoms with Crippen LogP contribution in [-0.4, -0.2) is 33.0 Å². The second kappa shape index (κ2) is 13.0. The zero-order valence-electron chi connectivity index (χ0n) is 21.1. The quantitative estimate of drug-likeness (QED) is 0.322. The normalized spacial score (nSPS) is 20.1. The molecule has 0 radical (unpaired) electrons. The lowest BCUT2D eigenvalue weighted by molar-refractivity contribution is -0.0323. The van der Waals surface area contributed by atoms with Gasteiger partial charge in [-0.05, 0) is 35.4 Å². The van der Waals surface area contributed by atoms with E-state index in [1.165, 1.54) is 16.7 Å². The maximum Gasteiger partial charge on any atom is 0.0717 e. The van der Waals surface area contributed by atoms with Gasteiger partial charge in [0.1, 0.15) is 0 Å². The van der Waals surface area contributed by atoms with Crippen LogP contribution in [0.4, 0.5) is 0 Å². The Hall–Kier alpha value is -2.50. The second-order valence-electron chi connectivity index (χ2n) is 10.0. The first-order valence-corrected chi connectivity index (χ1v) is 12.7. The summed E-state index contributed by atoms with van der Waals surface area (Å²) < 4.78 is 18.2.